The SMILES string of the molecule is O=c1[nH]nc(CN2CCOC(OCCc3cc(C(F)(F)F)cc(C(F)(F)F)c3)C2c2ccc(F)cc2)[nH]1. The summed E-state index contributed by atoms with van der Waals surface area (Å²) in [6, 6.07) is 6.21. The van der Waals surface area contributed by atoms with Crippen LogP contribution in [-0.2, 0) is 34.8 Å². The number of aromatic amines is 2. The third-order valence-electron chi connectivity index (χ3n) is 5.75. The molecule has 3 aromatic rings. The summed E-state index contributed by atoms with van der Waals surface area (Å²) in [7, 11) is 0. The standard InChI is InChI=1S/C23H21F7N4O3/c24-17-3-1-14(2-4-17)19-20(37-8-6-34(19)12-18-31-21(35)33-32-18)36-7-5-13-9-15(22(25,26)27)11-16(10-13)23(28,29)30/h1-4,9-11,19-20H,5-8,12H2,(H2,31,32,33,35). The maximum absolute atomic E-state index is 13.5. The highest BCUT2D eigenvalue weighted by Gasteiger charge is 2.37. The Labute approximate surface area is 205 Å². The normalized spacial score (nSPS) is 19.3. The number of morpholine rings is 1. The fourth-order valence-electron chi connectivity index (χ4n) is 4.06. The zero-order valence-electron chi connectivity index (χ0n) is 19.0. The highest BCUT2D eigenvalue weighted by molar-refractivity contribution is 5.33. The molecular weight excluding hydrogens is 513 g/mol. The Bertz CT molecular complexity index is 1220. The average molecular weight is 534 g/mol. The van der Waals surface area contributed by atoms with Crippen LogP contribution < -0.4 is 5.69 Å². The summed E-state index contributed by atoms with van der Waals surface area (Å²) in [5.41, 5.74) is -2.94. The van der Waals surface area contributed by atoms with E-state index in [1.165, 1.54) is 24.3 Å². The fraction of sp³-hybridized carbons (Fsp3) is 0.391. The number of hydrogen-bond acceptors (Lipinski definition) is 5. The molecule has 2 aromatic carbocycles. The smallest absolute Gasteiger partial charge is 0.350 e. The van der Waals surface area contributed by atoms with Crippen LogP contribution in [0.25, 0.3) is 0 Å². The Hall–Kier alpha value is -3.23. The van der Waals surface area contributed by atoms with Crippen molar-refractivity contribution in [2.45, 2.75) is 37.7 Å². The molecule has 1 saturated heterocycles. The van der Waals surface area contributed by atoms with E-state index < -0.39 is 47.3 Å². The summed E-state index contributed by atoms with van der Waals surface area (Å²) < 4.78 is 104. The quantitative estimate of drug-likeness (QED) is 0.439. The summed E-state index contributed by atoms with van der Waals surface area (Å²) in [6.45, 7) is 0.457. The largest absolute Gasteiger partial charge is 0.416 e. The molecular formula is C23H21F7N4O3. The minimum Gasteiger partial charge on any atom is -0.350 e. The number of alkyl halides is 6. The molecule has 1 aliphatic rings. The Morgan fingerprint density at radius 1 is 1.03 bits per heavy atom. The molecule has 2 heterocycles. The molecule has 0 radical (unpaired) electrons. The molecule has 2 N–H and O–H groups in total. The Balaban J connectivity index is 1.53. The summed E-state index contributed by atoms with van der Waals surface area (Å²) in [4.78, 5) is 15.8. The second-order valence-electron chi connectivity index (χ2n) is 8.37. The number of hydrogen-bond donors (Lipinski definition) is 2. The van der Waals surface area contributed by atoms with Gasteiger partial charge in [0.2, 0.25) is 0 Å². The number of benzene rings is 2. The Morgan fingerprint density at radius 3 is 2.24 bits per heavy atom. The van der Waals surface area contributed by atoms with Gasteiger partial charge in [0, 0.05) is 6.54 Å². The summed E-state index contributed by atoms with van der Waals surface area (Å²) in [6.07, 6.45) is -11.1. The van der Waals surface area contributed by atoms with Crippen molar-refractivity contribution >= 4 is 0 Å². The number of nitrogens with one attached hydrogen (secondary N) is 2. The number of rotatable bonds is 7. The monoisotopic (exact) mass is 534 g/mol. The molecule has 0 bridgehead atoms. The van der Waals surface area contributed by atoms with Gasteiger partial charge in [0.05, 0.1) is 36.9 Å². The van der Waals surface area contributed by atoms with Crippen molar-refractivity contribution in [2.24, 2.45) is 0 Å². The molecule has 0 amide bonds. The maximum atomic E-state index is 13.5. The van der Waals surface area contributed by atoms with Gasteiger partial charge in [-0.05, 0) is 47.9 Å². The Kier molecular flexibility index (Phi) is 7.71. The molecule has 37 heavy (non-hydrogen) atoms. The molecule has 0 aliphatic carbocycles. The van der Waals surface area contributed by atoms with E-state index in [9.17, 15) is 35.5 Å². The van der Waals surface area contributed by atoms with Gasteiger partial charge in [0.1, 0.15) is 11.6 Å². The van der Waals surface area contributed by atoms with Gasteiger partial charge in [0.15, 0.2) is 6.29 Å². The van der Waals surface area contributed by atoms with Crippen molar-refractivity contribution in [2.75, 3.05) is 19.8 Å². The Morgan fingerprint density at radius 2 is 1.68 bits per heavy atom. The van der Waals surface area contributed by atoms with Crippen molar-refractivity contribution in [3.8, 4) is 0 Å². The zero-order valence-corrected chi connectivity index (χ0v) is 19.0. The predicted octanol–water partition coefficient (Wildman–Crippen LogP) is 4.43. The number of nitrogens with zero attached hydrogens (tertiary/aromatic N) is 2. The number of aromatic nitrogens is 3. The zero-order chi connectivity index (χ0) is 26.8. The number of ether oxygens (including phenoxy) is 2. The van der Waals surface area contributed by atoms with Crippen LogP contribution in [0.2, 0.25) is 0 Å². The maximum Gasteiger partial charge on any atom is 0.416 e. The van der Waals surface area contributed by atoms with Gasteiger partial charge in [-0.25, -0.2) is 14.3 Å². The minimum absolute atomic E-state index is 0.0659. The van der Waals surface area contributed by atoms with Gasteiger partial charge < -0.3 is 9.47 Å². The third-order valence-corrected chi connectivity index (χ3v) is 5.75. The first kappa shape index (κ1) is 26.8. The van der Waals surface area contributed by atoms with E-state index in [1.54, 1.807) is 0 Å². The first-order valence-corrected chi connectivity index (χ1v) is 11.0. The van der Waals surface area contributed by atoms with Gasteiger partial charge in [-0.2, -0.15) is 31.4 Å². The van der Waals surface area contributed by atoms with E-state index in [0.717, 1.165) is 0 Å². The van der Waals surface area contributed by atoms with Gasteiger partial charge >= 0.3 is 18.0 Å². The van der Waals surface area contributed by atoms with Crippen LogP contribution in [0.1, 0.15) is 34.1 Å². The molecule has 1 aliphatic heterocycles. The highest BCUT2D eigenvalue weighted by atomic mass is 19.4. The average Bonchev–Trinajstić information content (AvgIpc) is 3.23. The topological polar surface area (TPSA) is 83.2 Å². The van der Waals surface area contributed by atoms with Gasteiger partial charge in [-0.3, -0.25) is 9.88 Å². The van der Waals surface area contributed by atoms with E-state index in [2.05, 4.69) is 15.2 Å². The van der Waals surface area contributed by atoms with Crippen molar-refractivity contribution in [3.05, 3.63) is 86.8 Å². The van der Waals surface area contributed by atoms with Crippen LogP contribution >= 0.6 is 0 Å². The summed E-state index contributed by atoms with van der Waals surface area (Å²) >= 11 is 0. The van der Waals surface area contributed by atoms with Gasteiger partial charge in [0.25, 0.3) is 0 Å². The molecule has 14 heteroatoms. The lowest BCUT2D eigenvalue weighted by Gasteiger charge is -2.40. The van der Waals surface area contributed by atoms with Gasteiger partial charge in [-0.15, -0.1) is 0 Å². The third kappa shape index (κ3) is 6.76. The second-order valence-corrected chi connectivity index (χ2v) is 8.37. The van der Waals surface area contributed by atoms with Crippen molar-refractivity contribution in [3.63, 3.8) is 0 Å². The van der Waals surface area contributed by atoms with Crippen molar-refractivity contribution < 1.29 is 40.2 Å². The predicted molar refractivity (Wildman–Crippen MR) is 115 cm³/mol. The lowest BCUT2D eigenvalue weighted by molar-refractivity contribution is -0.212. The molecule has 2 unspecified atom stereocenters. The van der Waals surface area contributed by atoms with Crippen LogP contribution in [0.5, 0.6) is 0 Å². The van der Waals surface area contributed by atoms with E-state index in [4.69, 9.17) is 9.47 Å². The van der Waals surface area contributed by atoms with Crippen LogP contribution in [0, 0.1) is 5.82 Å². The molecule has 1 fully saturated rings. The highest BCUT2D eigenvalue weighted by Crippen LogP contribution is 2.37. The van der Waals surface area contributed by atoms with E-state index in [0.29, 0.717) is 30.1 Å². The fourth-order valence-corrected chi connectivity index (χ4v) is 4.06. The van der Waals surface area contributed by atoms with Gasteiger partial charge in [-0.1, -0.05) is 12.1 Å². The molecule has 0 spiro atoms. The van der Waals surface area contributed by atoms with Crippen LogP contribution in [0.15, 0.2) is 47.3 Å². The first-order valence-electron chi connectivity index (χ1n) is 11.0. The molecule has 7 nitrogen and oxygen atoms in total. The second kappa shape index (κ2) is 10.6. The van der Waals surface area contributed by atoms with Crippen LogP contribution in [0.3, 0.4) is 0 Å². The molecule has 2 atom stereocenters. The van der Waals surface area contributed by atoms with E-state index in [1.807, 2.05) is 4.90 Å². The molecule has 200 valence electrons. The van der Waals surface area contributed by atoms with Crippen LogP contribution in [0.4, 0.5) is 30.7 Å². The number of halogens is 7. The van der Waals surface area contributed by atoms with Crippen molar-refractivity contribution in [1.29, 1.82) is 0 Å². The lowest BCUT2D eigenvalue weighted by atomic mass is 10.0. The van der Waals surface area contributed by atoms with E-state index in [-0.39, 0.29) is 37.8 Å². The van der Waals surface area contributed by atoms with Crippen LogP contribution in [-0.4, -0.2) is 46.1 Å². The first-order chi connectivity index (χ1) is 17.4. The summed E-state index contributed by atoms with van der Waals surface area (Å²) in [5, 5.41) is 6.13. The number of H-pyrrole nitrogens is 2. The summed E-state index contributed by atoms with van der Waals surface area (Å²) in [5.74, 6) is -0.160. The molecule has 1 aromatic heterocycles. The minimum atomic E-state index is -4.95. The van der Waals surface area contributed by atoms with E-state index >= 15 is 0 Å². The molecule has 4 rings (SSSR count). The molecule has 0 saturated carbocycles. The lowest BCUT2D eigenvalue weighted by Crippen LogP contribution is -2.46. The van der Waals surface area contributed by atoms with Crippen molar-refractivity contribution in [1.82, 2.24) is 20.1 Å².